The molecule has 0 bridgehead atoms. The first-order valence-electron chi connectivity index (χ1n) is 8.24. The minimum Gasteiger partial charge on any atom is -0.490 e. The highest BCUT2D eigenvalue weighted by Gasteiger charge is 2.26. The average Bonchev–Trinajstić information content (AvgIpc) is 3.31. The monoisotopic (exact) mass is 449 g/mol. The molecule has 8 nitrogen and oxygen atoms in total. The van der Waals surface area contributed by atoms with E-state index in [9.17, 15) is 9.59 Å². The summed E-state index contributed by atoms with van der Waals surface area (Å²) in [6.07, 6.45) is 3.02. The van der Waals surface area contributed by atoms with E-state index in [1.54, 1.807) is 30.3 Å². The van der Waals surface area contributed by atoms with Gasteiger partial charge in [-0.3, -0.25) is 0 Å². The summed E-state index contributed by atoms with van der Waals surface area (Å²) in [6, 6.07) is 6.69. The van der Waals surface area contributed by atoms with Gasteiger partial charge in [0.05, 0.1) is 24.5 Å². The van der Waals surface area contributed by atoms with Crippen molar-refractivity contribution in [2.45, 2.75) is 6.92 Å². The van der Waals surface area contributed by atoms with Gasteiger partial charge in [0, 0.05) is 0 Å². The van der Waals surface area contributed by atoms with E-state index < -0.39 is 11.9 Å². The molecule has 0 atom stereocenters. The molecule has 146 valence electrons. The minimum atomic E-state index is -0.591. The van der Waals surface area contributed by atoms with Gasteiger partial charge in [-0.2, -0.15) is 0 Å². The number of aliphatic imine (C=N–C) groups is 1. The third-order valence-electron chi connectivity index (χ3n) is 3.55. The Balaban J connectivity index is 1.91. The summed E-state index contributed by atoms with van der Waals surface area (Å²) in [4.78, 5) is 27.6. The second kappa shape index (κ2) is 8.75. The van der Waals surface area contributed by atoms with Gasteiger partial charge >= 0.3 is 11.9 Å². The summed E-state index contributed by atoms with van der Waals surface area (Å²) in [5.41, 5.74) is 0.737. The van der Waals surface area contributed by atoms with Crippen molar-refractivity contribution in [3.63, 3.8) is 0 Å². The van der Waals surface area contributed by atoms with Crippen LogP contribution in [0.4, 0.5) is 0 Å². The number of halogens is 1. The molecule has 0 N–H and O–H groups in total. The second-order valence-electron chi connectivity index (χ2n) is 5.44. The highest BCUT2D eigenvalue weighted by atomic mass is 79.9. The zero-order chi connectivity index (χ0) is 20.1. The Morgan fingerprint density at radius 3 is 2.82 bits per heavy atom. The van der Waals surface area contributed by atoms with Gasteiger partial charge in [-0.25, -0.2) is 14.6 Å². The van der Waals surface area contributed by atoms with Crippen LogP contribution < -0.4 is 9.47 Å². The van der Waals surface area contributed by atoms with Crippen molar-refractivity contribution < 1.29 is 33.0 Å². The van der Waals surface area contributed by atoms with E-state index in [-0.39, 0.29) is 18.2 Å². The molecule has 1 aromatic heterocycles. The summed E-state index contributed by atoms with van der Waals surface area (Å²) in [5.74, 6) is 0.0980. The van der Waals surface area contributed by atoms with Gasteiger partial charge in [-0.15, -0.1) is 0 Å². The quantitative estimate of drug-likeness (QED) is 0.472. The Hall–Kier alpha value is -3.07. The van der Waals surface area contributed by atoms with Gasteiger partial charge in [0.25, 0.3) is 5.90 Å². The number of nitrogens with zero attached hydrogens (tertiary/aromatic N) is 1. The van der Waals surface area contributed by atoms with Crippen molar-refractivity contribution >= 4 is 39.8 Å². The average molecular weight is 450 g/mol. The molecular formula is C19H16BrNO7. The number of methoxy groups -OCH3 is 1. The highest BCUT2D eigenvalue weighted by molar-refractivity contribution is 9.10. The van der Waals surface area contributed by atoms with Crippen molar-refractivity contribution in [1.82, 2.24) is 0 Å². The van der Waals surface area contributed by atoms with Gasteiger partial charge < -0.3 is 23.4 Å². The van der Waals surface area contributed by atoms with Crippen LogP contribution in [0.2, 0.25) is 0 Å². The van der Waals surface area contributed by atoms with Crippen molar-refractivity contribution in [1.29, 1.82) is 0 Å². The number of hydrogen-bond acceptors (Lipinski definition) is 8. The smallest absolute Gasteiger partial charge is 0.363 e. The fourth-order valence-electron chi connectivity index (χ4n) is 2.34. The number of carbonyl (C=O) groups excluding carboxylic acids is 2. The van der Waals surface area contributed by atoms with E-state index >= 15 is 0 Å². The van der Waals surface area contributed by atoms with E-state index in [1.807, 2.05) is 6.92 Å². The third-order valence-corrected chi connectivity index (χ3v) is 4.14. The van der Waals surface area contributed by atoms with Crippen LogP contribution in [-0.4, -0.2) is 38.2 Å². The van der Waals surface area contributed by atoms with Crippen molar-refractivity contribution in [3.8, 4) is 11.5 Å². The number of hydrogen-bond donors (Lipinski definition) is 0. The number of furan rings is 1. The Bertz CT molecular complexity index is 947. The Morgan fingerprint density at radius 2 is 2.14 bits per heavy atom. The third kappa shape index (κ3) is 4.42. The van der Waals surface area contributed by atoms with E-state index in [2.05, 4.69) is 25.7 Å². The minimum absolute atomic E-state index is 0.100. The summed E-state index contributed by atoms with van der Waals surface area (Å²) in [7, 11) is 1.28. The number of ether oxygens (including phenoxy) is 4. The van der Waals surface area contributed by atoms with E-state index in [0.717, 1.165) is 0 Å². The Morgan fingerprint density at radius 1 is 1.32 bits per heavy atom. The highest BCUT2D eigenvalue weighted by Crippen LogP contribution is 2.38. The van der Waals surface area contributed by atoms with E-state index in [4.69, 9.17) is 18.6 Å². The summed E-state index contributed by atoms with van der Waals surface area (Å²) >= 11 is 3.39. The standard InChI is InChI=1S/C19H16BrNO7/c1-3-25-15-9-11(7-12(20)17(15)27-10-16(22)24-2)8-13-19(23)28-18(21-13)14-5-4-6-26-14/h4-9H,3,10H2,1-2H3. The molecule has 9 heteroatoms. The molecule has 0 fully saturated rings. The largest absolute Gasteiger partial charge is 0.490 e. The number of benzene rings is 1. The van der Waals surface area contributed by atoms with Gasteiger partial charge in [0.2, 0.25) is 0 Å². The molecule has 2 heterocycles. The van der Waals surface area contributed by atoms with Crippen LogP contribution in [0.3, 0.4) is 0 Å². The van der Waals surface area contributed by atoms with Gasteiger partial charge in [-0.05, 0) is 58.8 Å². The summed E-state index contributed by atoms with van der Waals surface area (Å²) < 4.78 is 26.5. The number of cyclic esters (lactones) is 1. The second-order valence-corrected chi connectivity index (χ2v) is 6.30. The zero-order valence-corrected chi connectivity index (χ0v) is 16.6. The molecular weight excluding hydrogens is 434 g/mol. The molecule has 3 rings (SSSR count). The van der Waals surface area contributed by atoms with Crippen LogP contribution in [0.15, 0.2) is 50.1 Å². The molecule has 28 heavy (non-hydrogen) atoms. The lowest BCUT2D eigenvalue weighted by molar-refractivity contribution is -0.143. The number of rotatable bonds is 7. The number of esters is 2. The van der Waals surface area contributed by atoms with Gasteiger partial charge in [-0.1, -0.05) is 0 Å². The fraction of sp³-hybridized carbons (Fsp3) is 0.211. The van der Waals surface area contributed by atoms with Gasteiger partial charge in [0.1, 0.15) is 0 Å². The maximum Gasteiger partial charge on any atom is 0.363 e. The molecule has 0 saturated heterocycles. The summed E-state index contributed by atoms with van der Waals surface area (Å²) in [6.45, 7) is 1.93. The van der Waals surface area contributed by atoms with Crippen molar-refractivity contribution in [3.05, 3.63) is 52.0 Å². The van der Waals surface area contributed by atoms with Crippen molar-refractivity contribution in [2.24, 2.45) is 4.99 Å². The lowest BCUT2D eigenvalue weighted by Crippen LogP contribution is -2.13. The van der Waals surface area contributed by atoms with Crippen LogP contribution in [0.25, 0.3) is 6.08 Å². The maximum absolute atomic E-state index is 12.1. The van der Waals surface area contributed by atoms with Crippen LogP contribution in [0.5, 0.6) is 11.5 Å². The van der Waals surface area contributed by atoms with Crippen LogP contribution >= 0.6 is 15.9 Å². The first-order chi connectivity index (χ1) is 13.5. The maximum atomic E-state index is 12.1. The Kier molecular flexibility index (Phi) is 6.15. The van der Waals surface area contributed by atoms with E-state index in [1.165, 1.54) is 13.4 Å². The number of carbonyl (C=O) groups is 2. The first-order valence-corrected chi connectivity index (χ1v) is 9.03. The molecule has 0 radical (unpaired) electrons. The molecule has 1 aromatic carbocycles. The van der Waals surface area contributed by atoms with E-state index in [0.29, 0.717) is 33.9 Å². The van der Waals surface area contributed by atoms with Crippen LogP contribution in [0.1, 0.15) is 18.2 Å². The fourth-order valence-corrected chi connectivity index (χ4v) is 2.91. The predicted octanol–water partition coefficient (Wildman–Crippen LogP) is 3.34. The lowest BCUT2D eigenvalue weighted by atomic mass is 10.1. The molecule has 1 aliphatic heterocycles. The molecule has 0 spiro atoms. The first kappa shape index (κ1) is 19.7. The van der Waals surface area contributed by atoms with Crippen LogP contribution in [-0.2, 0) is 19.1 Å². The molecule has 2 aromatic rings. The molecule has 0 unspecified atom stereocenters. The molecule has 1 aliphatic rings. The zero-order valence-electron chi connectivity index (χ0n) is 15.1. The predicted molar refractivity (Wildman–Crippen MR) is 102 cm³/mol. The topological polar surface area (TPSA) is 96.6 Å². The summed E-state index contributed by atoms with van der Waals surface area (Å²) in [5, 5.41) is 0. The normalized spacial score (nSPS) is 14.6. The Labute approximate surface area is 168 Å². The molecule has 0 saturated carbocycles. The molecule has 0 amide bonds. The van der Waals surface area contributed by atoms with Crippen LogP contribution in [0, 0.1) is 0 Å². The molecule has 0 aliphatic carbocycles. The van der Waals surface area contributed by atoms with Gasteiger partial charge in [0.15, 0.2) is 29.6 Å². The SMILES string of the molecule is CCOc1cc(C=C2N=C(c3ccco3)OC2=O)cc(Br)c1OCC(=O)OC. The van der Waals surface area contributed by atoms with Crippen molar-refractivity contribution in [2.75, 3.05) is 20.3 Å². The lowest BCUT2D eigenvalue weighted by Gasteiger charge is -2.14.